The number of nitrogens with zero attached hydrogens (tertiary/aromatic N) is 1. The molecule has 2 nitrogen and oxygen atoms in total. The first kappa shape index (κ1) is 12.7. The van der Waals surface area contributed by atoms with E-state index in [4.69, 9.17) is 11.6 Å². The second kappa shape index (κ2) is 4.49. The summed E-state index contributed by atoms with van der Waals surface area (Å²) < 4.78 is 0. The molecule has 94 valence electrons. The van der Waals surface area contributed by atoms with Crippen molar-refractivity contribution in [2.45, 2.75) is 51.0 Å². The highest BCUT2D eigenvalue weighted by Gasteiger charge is 2.36. The highest BCUT2D eigenvalue weighted by molar-refractivity contribution is 6.19. The lowest BCUT2D eigenvalue weighted by Gasteiger charge is -2.41. The number of rotatable bonds is 3. The molecular formula is C14H21ClN2. The van der Waals surface area contributed by atoms with Crippen LogP contribution in [-0.2, 0) is 5.41 Å². The van der Waals surface area contributed by atoms with Gasteiger partial charge in [0.2, 0.25) is 0 Å². The van der Waals surface area contributed by atoms with Gasteiger partial charge in [-0.25, -0.2) is 4.98 Å². The van der Waals surface area contributed by atoms with Gasteiger partial charge in [0.1, 0.15) is 5.82 Å². The molecule has 17 heavy (non-hydrogen) atoms. The molecule has 1 aromatic heterocycles. The molecular weight excluding hydrogens is 232 g/mol. The normalized spacial score (nSPS) is 18.6. The van der Waals surface area contributed by atoms with Crippen molar-refractivity contribution >= 4 is 17.4 Å². The van der Waals surface area contributed by atoms with E-state index in [1.807, 2.05) is 6.20 Å². The van der Waals surface area contributed by atoms with Crippen molar-refractivity contribution < 1.29 is 0 Å². The van der Waals surface area contributed by atoms with E-state index >= 15 is 0 Å². The number of hydrogen-bond acceptors (Lipinski definition) is 2. The summed E-state index contributed by atoms with van der Waals surface area (Å²) in [5.41, 5.74) is 1.51. The van der Waals surface area contributed by atoms with Crippen molar-refractivity contribution in [2.24, 2.45) is 0 Å². The number of halogens is 1. The lowest BCUT2D eigenvalue weighted by atomic mass is 9.78. The minimum atomic E-state index is 0.0950. The largest absolute Gasteiger partial charge is 0.363 e. The number of aromatic nitrogens is 1. The molecule has 0 bridgehead atoms. The second-order valence-corrected chi connectivity index (χ2v) is 6.34. The van der Waals surface area contributed by atoms with Crippen LogP contribution in [0.1, 0.15) is 45.6 Å². The van der Waals surface area contributed by atoms with Crippen LogP contribution in [0.4, 0.5) is 5.82 Å². The van der Waals surface area contributed by atoms with Crippen LogP contribution in [0.25, 0.3) is 0 Å². The van der Waals surface area contributed by atoms with E-state index < -0.39 is 0 Å². The number of alkyl halides is 1. The maximum absolute atomic E-state index is 6.02. The summed E-state index contributed by atoms with van der Waals surface area (Å²) in [5, 5.41) is 3.48. The summed E-state index contributed by atoms with van der Waals surface area (Å²) >= 11 is 6.02. The van der Waals surface area contributed by atoms with E-state index in [1.54, 1.807) is 0 Å². The fourth-order valence-corrected chi connectivity index (χ4v) is 2.41. The molecule has 1 aliphatic rings. The van der Waals surface area contributed by atoms with Crippen molar-refractivity contribution in [2.75, 3.05) is 11.2 Å². The summed E-state index contributed by atoms with van der Waals surface area (Å²) in [6, 6.07) is 4.21. The van der Waals surface area contributed by atoms with Gasteiger partial charge in [-0.3, -0.25) is 0 Å². The van der Waals surface area contributed by atoms with Gasteiger partial charge in [0.15, 0.2) is 0 Å². The maximum atomic E-state index is 6.02. The molecule has 1 aliphatic carbocycles. The quantitative estimate of drug-likeness (QED) is 0.824. The average Bonchev–Trinajstić information content (AvgIpc) is 2.23. The zero-order chi connectivity index (χ0) is 12.5. The number of hydrogen-bond donors (Lipinski definition) is 1. The molecule has 0 aromatic carbocycles. The van der Waals surface area contributed by atoms with Crippen LogP contribution >= 0.6 is 11.6 Å². The molecule has 1 saturated carbocycles. The minimum absolute atomic E-state index is 0.0950. The molecule has 0 spiro atoms. The van der Waals surface area contributed by atoms with E-state index in [2.05, 4.69) is 43.2 Å². The average molecular weight is 253 g/mol. The summed E-state index contributed by atoms with van der Waals surface area (Å²) in [6.07, 6.45) is 5.53. The Labute approximate surface area is 109 Å². The van der Waals surface area contributed by atoms with Gasteiger partial charge in [-0.2, -0.15) is 0 Å². The molecule has 3 heteroatoms. The standard InChI is InChI=1S/C14H21ClN2/c1-13(2,3)11-5-6-12(16-9-11)17-14(10-15)7-4-8-14/h5-6,9H,4,7-8,10H2,1-3H3,(H,16,17). The molecule has 0 aliphatic heterocycles. The van der Waals surface area contributed by atoms with Crippen molar-refractivity contribution in [3.63, 3.8) is 0 Å². The van der Waals surface area contributed by atoms with Crippen molar-refractivity contribution in [1.82, 2.24) is 4.98 Å². The van der Waals surface area contributed by atoms with Gasteiger partial charge in [-0.05, 0) is 36.3 Å². The lowest BCUT2D eigenvalue weighted by molar-refractivity contribution is 0.310. The number of pyridine rings is 1. The summed E-state index contributed by atoms with van der Waals surface area (Å²) in [4.78, 5) is 4.49. The molecule has 1 aromatic rings. The van der Waals surface area contributed by atoms with Gasteiger partial charge in [0, 0.05) is 12.1 Å². The third-order valence-corrected chi connectivity index (χ3v) is 4.10. The van der Waals surface area contributed by atoms with Crippen LogP contribution in [0.5, 0.6) is 0 Å². The SMILES string of the molecule is CC(C)(C)c1ccc(NC2(CCl)CCC2)nc1. The zero-order valence-corrected chi connectivity index (χ0v) is 11.6. The van der Waals surface area contributed by atoms with E-state index in [9.17, 15) is 0 Å². The van der Waals surface area contributed by atoms with Crippen LogP contribution in [0.2, 0.25) is 0 Å². The lowest BCUT2D eigenvalue weighted by Crippen LogP contribution is -2.47. The predicted octanol–water partition coefficient (Wildman–Crippen LogP) is 3.95. The van der Waals surface area contributed by atoms with Crippen LogP contribution < -0.4 is 5.32 Å². The molecule has 0 amide bonds. The number of anilines is 1. The van der Waals surface area contributed by atoms with Gasteiger partial charge in [-0.1, -0.05) is 26.8 Å². The molecule has 0 unspecified atom stereocenters. The summed E-state index contributed by atoms with van der Waals surface area (Å²) in [7, 11) is 0. The van der Waals surface area contributed by atoms with E-state index in [-0.39, 0.29) is 11.0 Å². The summed E-state index contributed by atoms with van der Waals surface area (Å²) in [5.74, 6) is 1.61. The van der Waals surface area contributed by atoms with Crippen molar-refractivity contribution in [3.8, 4) is 0 Å². The molecule has 1 N–H and O–H groups in total. The molecule has 1 heterocycles. The molecule has 2 rings (SSSR count). The maximum Gasteiger partial charge on any atom is 0.126 e. The van der Waals surface area contributed by atoms with Gasteiger partial charge < -0.3 is 5.32 Å². The Morgan fingerprint density at radius 2 is 2.06 bits per heavy atom. The molecule has 0 atom stereocenters. The molecule has 1 fully saturated rings. The molecule has 0 radical (unpaired) electrons. The second-order valence-electron chi connectivity index (χ2n) is 6.07. The van der Waals surface area contributed by atoms with Gasteiger partial charge in [0.05, 0.1) is 5.54 Å². The smallest absolute Gasteiger partial charge is 0.126 e. The number of nitrogens with one attached hydrogen (secondary N) is 1. The Morgan fingerprint density at radius 1 is 1.35 bits per heavy atom. The van der Waals surface area contributed by atoms with Gasteiger partial charge in [-0.15, -0.1) is 11.6 Å². The highest BCUT2D eigenvalue weighted by Crippen LogP contribution is 2.36. The minimum Gasteiger partial charge on any atom is -0.363 e. The predicted molar refractivity (Wildman–Crippen MR) is 73.9 cm³/mol. The van der Waals surface area contributed by atoms with Crippen molar-refractivity contribution in [1.29, 1.82) is 0 Å². The van der Waals surface area contributed by atoms with Gasteiger partial charge >= 0.3 is 0 Å². The first-order valence-electron chi connectivity index (χ1n) is 6.26. The summed E-state index contributed by atoms with van der Waals surface area (Å²) in [6.45, 7) is 6.59. The first-order chi connectivity index (χ1) is 7.95. The Hall–Kier alpha value is -0.760. The van der Waals surface area contributed by atoms with Crippen LogP contribution in [0.15, 0.2) is 18.3 Å². The third kappa shape index (κ3) is 2.74. The fourth-order valence-electron chi connectivity index (χ4n) is 2.08. The monoisotopic (exact) mass is 252 g/mol. The van der Waals surface area contributed by atoms with Crippen LogP contribution in [0, 0.1) is 0 Å². The highest BCUT2D eigenvalue weighted by atomic mass is 35.5. The van der Waals surface area contributed by atoms with Gasteiger partial charge in [0.25, 0.3) is 0 Å². The first-order valence-corrected chi connectivity index (χ1v) is 6.79. The van der Waals surface area contributed by atoms with E-state index in [0.717, 1.165) is 18.7 Å². The van der Waals surface area contributed by atoms with Crippen molar-refractivity contribution in [3.05, 3.63) is 23.9 Å². The third-order valence-electron chi connectivity index (χ3n) is 3.59. The van der Waals surface area contributed by atoms with E-state index in [1.165, 1.54) is 12.0 Å². The fraction of sp³-hybridized carbons (Fsp3) is 0.643. The van der Waals surface area contributed by atoms with E-state index in [0.29, 0.717) is 5.88 Å². The Morgan fingerprint density at radius 3 is 2.41 bits per heavy atom. The van der Waals surface area contributed by atoms with Crippen LogP contribution in [0.3, 0.4) is 0 Å². The van der Waals surface area contributed by atoms with Crippen LogP contribution in [-0.4, -0.2) is 16.4 Å². The Bertz CT molecular complexity index is 369. The Kier molecular flexibility index (Phi) is 3.35. The molecule has 0 saturated heterocycles. The Balaban J connectivity index is 2.08. The zero-order valence-electron chi connectivity index (χ0n) is 10.9. The topological polar surface area (TPSA) is 24.9 Å².